The Morgan fingerprint density at radius 2 is 1.68 bits per heavy atom. The molecule has 0 atom stereocenters. The average molecular weight is 252 g/mol. The van der Waals surface area contributed by atoms with Gasteiger partial charge in [-0.15, -0.1) is 0 Å². The number of hydrogen-bond donors (Lipinski definition) is 2. The highest BCUT2D eigenvalue weighted by Gasteiger charge is 1.98. The topological polar surface area (TPSA) is 24.1 Å². The average Bonchev–Trinajstić information content (AvgIpc) is 2.43. The molecule has 2 nitrogen and oxygen atoms in total. The van der Waals surface area contributed by atoms with Crippen molar-refractivity contribution in [3.63, 3.8) is 0 Å². The number of hydrogen-bond acceptors (Lipinski definition) is 2. The van der Waals surface area contributed by atoms with Gasteiger partial charge in [-0.05, 0) is 24.1 Å². The lowest BCUT2D eigenvalue weighted by atomic mass is 10.2. The number of para-hydroxylation sites is 1. The van der Waals surface area contributed by atoms with Crippen molar-refractivity contribution in [2.24, 2.45) is 0 Å². The second-order valence-electron chi connectivity index (χ2n) is 4.63. The first-order valence-electron chi connectivity index (χ1n) is 6.51. The van der Waals surface area contributed by atoms with Gasteiger partial charge < -0.3 is 10.6 Å². The first-order valence-corrected chi connectivity index (χ1v) is 6.51. The maximum absolute atomic E-state index is 4.05. The van der Waals surface area contributed by atoms with Crippen LogP contribution >= 0.6 is 0 Å². The van der Waals surface area contributed by atoms with Crippen molar-refractivity contribution in [1.82, 2.24) is 5.32 Å². The summed E-state index contributed by atoms with van der Waals surface area (Å²) in [6.45, 7) is 7.75. The minimum atomic E-state index is 0.753. The van der Waals surface area contributed by atoms with Crippen LogP contribution in [0, 0.1) is 6.92 Å². The van der Waals surface area contributed by atoms with E-state index in [-0.39, 0.29) is 0 Å². The Bertz CT molecular complexity index is 532. The SMILES string of the molecule is C=C(CNCc1ccccc1)Nc1ccccc1C. The van der Waals surface area contributed by atoms with Crippen molar-refractivity contribution < 1.29 is 0 Å². The first kappa shape index (κ1) is 13.4. The van der Waals surface area contributed by atoms with E-state index in [4.69, 9.17) is 0 Å². The van der Waals surface area contributed by atoms with E-state index in [1.54, 1.807) is 0 Å². The van der Waals surface area contributed by atoms with Gasteiger partial charge in [0.25, 0.3) is 0 Å². The lowest BCUT2D eigenvalue weighted by molar-refractivity contribution is 0.743. The Hall–Kier alpha value is -2.06. The summed E-state index contributed by atoms with van der Waals surface area (Å²) in [5.41, 5.74) is 4.61. The minimum Gasteiger partial charge on any atom is -0.358 e. The molecule has 19 heavy (non-hydrogen) atoms. The van der Waals surface area contributed by atoms with Crippen molar-refractivity contribution in [1.29, 1.82) is 0 Å². The standard InChI is InChI=1S/C17H20N2/c1-14-8-6-7-11-17(14)19-15(2)12-18-13-16-9-4-3-5-10-16/h3-11,18-19H,2,12-13H2,1H3. The van der Waals surface area contributed by atoms with Crippen LogP contribution in [0.5, 0.6) is 0 Å². The van der Waals surface area contributed by atoms with Gasteiger partial charge >= 0.3 is 0 Å². The van der Waals surface area contributed by atoms with Crippen molar-refractivity contribution in [2.45, 2.75) is 13.5 Å². The summed E-state index contributed by atoms with van der Waals surface area (Å²) in [5.74, 6) is 0. The van der Waals surface area contributed by atoms with Crippen LogP contribution in [-0.2, 0) is 6.54 Å². The van der Waals surface area contributed by atoms with Gasteiger partial charge in [-0.1, -0.05) is 55.1 Å². The molecule has 0 fully saturated rings. The quantitative estimate of drug-likeness (QED) is 0.819. The molecule has 98 valence electrons. The van der Waals surface area contributed by atoms with Gasteiger partial charge in [0.2, 0.25) is 0 Å². The lowest BCUT2D eigenvalue weighted by Crippen LogP contribution is -2.19. The van der Waals surface area contributed by atoms with Gasteiger partial charge in [0.05, 0.1) is 0 Å². The van der Waals surface area contributed by atoms with E-state index in [1.807, 2.05) is 18.2 Å². The Kier molecular flexibility index (Phi) is 4.76. The molecular weight excluding hydrogens is 232 g/mol. The molecule has 0 radical (unpaired) electrons. The van der Waals surface area contributed by atoms with Crippen LogP contribution in [0.15, 0.2) is 66.9 Å². The Morgan fingerprint density at radius 3 is 2.42 bits per heavy atom. The number of aryl methyl sites for hydroxylation is 1. The molecule has 2 rings (SSSR count). The van der Waals surface area contributed by atoms with E-state index >= 15 is 0 Å². The maximum atomic E-state index is 4.05. The van der Waals surface area contributed by atoms with Gasteiger partial charge in [0.15, 0.2) is 0 Å². The van der Waals surface area contributed by atoms with E-state index in [0.717, 1.165) is 24.5 Å². The van der Waals surface area contributed by atoms with Crippen LogP contribution in [0.1, 0.15) is 11.1 Å². The summed E-state index contributed by atoms with van der Waals surface area (Å²) in [4.78, 5) is 0. The van der Waals surface area contributed by atoms with Crippen LogP contribution in [-0.4, -0.2) is 6.54 Å². The summed E-state index contributed by atoms with van der Waals surface area (Å²) in [7, 11) is 0. The molecule has 0 aliphatic carbocycles. The zero-order valence-corrected chi connectivity index (χ0v) is 11.3. The summed E-state index contributed by atoms with van der Waals surface area (Å²) >= 11 is 0. The van der Waals surface area contributed by atoms with Gasteiger partial charge in [0, 0.05) is 24.5 Å². The predicted molar refractivity (Wildman–Crippen MR) is 82.1 cm³/mol. The van der Waals surface area contributed by atoms with Crippen molar-refractivity contribution >= 4 is 5.69 Å². The molecule has 0 saturated carbocycles. The fraction of sp³-hybridized carbons (Fsp3) is 0.176. The van der Waals surface area contributed by atoms with Crippen molar-refractivity contribution in [3.8, 4) is 0 Å². The third kappa shape index (κ3) is 4.27. The largest absolute Gasteiger partial charge is 0.358 e. The maximum Gasteiger partial charge on any atom is 0.0411 e. The molecule has 2 aromatic rings. The van der Waals surface area contributed by atoms with Crippen molar-refractivity contribution in [2.75, 3.05) is 11.9 Å². The Balaban J connectivity index is 1.78. The highest BCUT2D eigenvalue weighted by Crippen LogP contribution is 2.14. The first-order chi connectivity index (χ1) is 9.25. The monoisotopic (exact) mass is 252 g/mol. The highest BCUT2D eigenvalue weighted by atomic mass is 15.0. The van der Waals surface area contributed by atoms with Gasteiger partial charge in [-0.3, -0.25) is 0 Å². The number of benzene rings is 2. The zero-order chi connectivity index (χ0) is 13.5. The second kappa shape index (κ2) is 6.76. The smallest absolute Gasteiger partial charge is 0.0411 e. The van der Waals surface area contributed by atoms with Gasteiger partial charge in [0.1, 0.15) is 0 Å². The molecule has 2 N–H and O–H groups in total. The summed E-state index contributed by atoms with van der Waals surface area (Å²) < 4.78 is 0. The van der Waals surface area contributed by atoms with Crippen LogP contribution in [0.3, 0.4) is 0 Å². The number of rotatable bonds is 6. The fourth-order valence-electron chi connectivity index (χ4n) is 1.90. The normalized spacial score (nSPS) is 10.2. The second-order valence-corrected chi connectivity index (χ2v) is 4.63. The molecule has 2 heteroatoms. The van der Waals surface area contributed by atoms with Crippen LogP contribution in [0.25, 0.3) is 0 Å². The summed E-state index contributed by atoms with van der Waals surface area (Å²) in [6, 6.07) is 18.6. The third-order valence-electron chi connectivity index (χ3n) is 2.97. The number of anilines is 1. The Labute approximate surface area is 115 Å². The molecule has 0 saturated heterocycles. The fourth-order valence-corrected chi connectivity index (χ4v) is 1.90. The lowest BCUT2D eigenvalue weighted by Gasteiger charge is -2.12. The van der Waals surface area contributed by atoms with Crippen LogP contribution in [0.2, 0.25) is 0 Å². The molecule has 0 bridgehead atoms. The highest BCUT2D eigenvalue weighted by molar-refractivity contribution is 5.53. The molecule has 0 aromatic heterocycles. The summed E-state index contributed by atoms with van der Waals surface area (Å²) in [5, 5.41) is 6.72. The van der Waals surface area contributed by atoms with E-state index in [2.05, 4.69) is 60.5 Å². The van der Waals surface area contributed by atoms with E-state index < -0.39 is 0 Å². The molecular formula is C17H20N2. The zero-order valence-electron chi connectivity index (χ0n) is 11.3. The molecule has 0 unspecified atom stereocenters. The predicted octanol–water partition coefficient (Wildman–Crippen LogP) is 3.71. The van der Waals surface area contributed by atoms with Crippen molar-refractivity contribution in [3.05, 3.63) is 78.0 Å². The molecule has 0 amide bonds. The molecule has 0 aliphatic heterocycles. The van der Waals surface area contributed by atoms with E-state index in [9.17, 15) is 0 Å². The van der Waals surface area contributed by atoms with Gasteiger partial charge in [-0.2, -0.15) is 0 Å². The molecule has 2 aromatic carbocycles. The van der Waals surface area contributed by atoms with E-state index in [0.29, 0.717) is 0 Å². The van der Waals surface area contributed by atoms with Crippen LogP contribution in [0.4, 0.5) is 5.69 Å². The minimum absolute atomic E-state index is 0.753. The third-order valence-corrected chi connectivity index (χ3v) is 2.97. The number of nitrogens with one attached hydrogen (secondary N) is 2. The molecule has 0 aliphatic rings. The van der Waals surface area contributed by atoms with Crippen LogP contribution < -0.4 is 10.6 Å². The van der Waals surface area contributed by atoms with E-state index in [1.165, 1.54) is 11.1 Å². The molecule has 0 heterocycles. The molecule has 0 spiro atoms. The summed E-state index contributed by atoms with van der Waals surface area (Å²) in [6.07, 6.45) is 0. The Morgan fingerprint density at radius 1 is 1.00 bits per heavy atom. The van der Waals surface area contributed by atoms with Gasteiger partial charge in [-0.25, -0.2) is 0 Å².